The Balaban J connectivity index is 0.000000490. The smallest absolute Gasteiger partial charge is 0.143 e. The van der Waals surface area contributed by atoms with Gasteiger partial charge in [0.1, 0.15) is 0 Å². The Bertz CT molecular complexity index is 138. The van der Waals surface area contributed by atoms with Gasteiger partial charge in [0, 0.05) is 4.90 Å². The molecule has 0 unspecified atom stereocenters. The second-order valence-electron chi connectivity index (χ2n) is 1.34. The van der Waals surface area contributed by atoms with Gasteiger partial charge in [-0.3, -0.25) is 0 Å². The van der Waals surface area contributed by atoms with E-state index in [-0.39, 0.29) is 17.1 Å². The predicted octanol–water partition coefficient (Wildman–Crippen LogP) is 1.97. The molecule has 1 rings (SSSR count). The molecule has 0 aromatic heterocycles. The fourth-order valence-corrected chi connectivity index (χ4v) is 0.600. The van der Waals surface area contributed by atoms with Gasteiger partial charge in [0.25, 0.3) is 0 Å². The second-order valence-corrected chi connectivity index (χ2v) is 1.85. The molecule has 0 N–H and O–H groups in total. The van der Waals surface area contributed by atoms with Gasteiger partial charge in [-0.05, 0) is 12.1 Å². The average Bonchev–Trinajstić information content (AvgIpc) is 1.69. The van der Waals surface area contributed by atoms with Crippen LogP contribution in [0.4, 0.5) is 0 Å². The first-order chi connectivity index (χ1) is 3.39. The maximum Gasteiger partial charge on any atom is 1.00 e. The molecule has 0 aliphatic carbocycles. The van der Waals surface area contributed by atoms with Gasteiger partial charge < -0.3 is 0 Å². The van der Waals surface area contributed by atoms with Crippen molar-refractivity contribution in [2.24, 2.45) is 0 Å². The van der Waals surface area contributed by atoms with E-state index in [1.54, 1.807) is 0 Å². The van der Waals surface area contributed by atoms with Crippen LogP contribution < -0.4 is 0 Å². The zero-order valence-electron chi connectivity index (χ0n) is 4.14. The van der Waals surface area contributed by atoms with Gasteiger partial charge in [0.05, 0.1) is 0 Å². The zero-order chi connectivity index (χ0) is 5.11. The van der Waals surface area contributed by atoms with Crippen LogP contribution in [0.15, 0.2) is 35.2 Å². The number of hydrogen-bond donors (Lipinski definition) is 1. The molecule has 0 saturated heterocycles. The van der Waals surface area contributed by atoms with Crippen molar-refractivity contribution in [2.45, 2.75) is 4.90 Å². The van der Waals surface area contributed by atoms with Crippen LogP contribution in [-0.4, -0.2) is 0 Å². The van der Waals surface area contributed by atoms with E-state index in [2.05, 4.69) is 12.6 Å². The molecule has 0 bridgehead atoms. The van der Waals surface area contributed by atoms with E-state index in [1.165, 1.54) is 0 Å². The summed E-state index contributed by atoms with van der Waals surface area (Å²) in [5.74, 6) is 0. The summed E-state index contributed by atoms with van der Waals surface area (Å²) in [6.45, 7) is 0. The molecule has 0 aliphatic heterocycles. The SMILES string of the molecule is Sc1ccccc1.[Cu+]. The predicted molar refractivity (Wildman–Crippen MR) is 33.7 cm³/mol. The number of thiol groups is 1. The van der Waals surface area contributed by atoms with Crippen LogP contribution in [0.2, 0.25) is 0 Å². The molecule has 0 fully saturated rings. The maximum atomic E-state index is 4.08. The Morgan fingerprint density at radius 3 is 1.75 bits per heavy atom. The van der Waals surface area contributed by atoms with E-state index in [1.807, 2.05) is 30.3 Å². The normalized spacial score (nSPS) is 7.62. The van der Waals surface area contributed by atoms with E-state index < -0.39 is 0 Å². The Labute approximate surface area is 65.2 Å². The number of rotatable bonds is 0. The maximum absolute atomic E-state index is 4.08. The number of benzene rings is 1. The summed E-state index contributed by atoms with van der Waals surface area (Å²) in [7, 11) is 0. The molecule has 0 saturated carbocycles. The molecule has 2 heteroatoms. The minimum Gasteiger partial charge on any atom is -0.143 e. The van der Waals surface area contributed by atoms with Crippen molar-refractivity contribution in [3.8, 4) is 0 Å². The summed E-state index contributed by atoms with van der Waals surface area (Å²) in [6.07, 6.45) is 0. The molecule has 0 heterocycles. The third-order valence-corrected chi connectivity index (χ3v) is 1.05. The largest absolute Gasteiger partial charge is 1.00 e. The van der Waals surface area contributed by atoms with Crippen molar-refractivity contribution >= 4 is 12.6 Å². The minimum absolute atomic E-state index is 0. The van der Waals surface area contributed by atoms with Gasteiger partial charge in [0.15, 0.2) is 0 Å². The summed E-state index contributed by atoms with van der Waals surface area (Å²) >= 11 is 4.08. The number of hydrogen-bond acceptors (Lipinski definition) is 1. The zero-order valence-corrected chi connectivity index (χ0v) is 5.97. The van der Waals surface area contributed by atoms with Crippen molar-refractivity contribution in [3.05, 3.63) is 30.3 Å². The molecular formula is C6H6CuS+. The summed E-state index contributed by atoms with van der Waals surface area (Å²) < 4.78 is 0. The topological polar surface area (TPSA) is 0 Å². The van der Waals surface area contributed by atoms with Crippen LogP contribution >= 0.6 is 12.6 Å². The van der Waals surface area contributed by atoms with E-state index in [9.17, 15) is 0 Å². The van der Waals surface area contributed by atoms with Crippen LogP contribution in [0.3, 0.4) is 0 Å². The third kappa shape index (κ3) is 2.41. The molecular weight excluding hydrogens is 168 g/mol. The second kappa shape index (κ2) is 4.02. The van der Waals surface area contributed by atoms with Crippen molar-refractivity contribution < 1.29 is 17.1 Å². The molecule has 8 heavy (non-hydrogen) atoms. The van der Waals surface area contributed by atoms with Crippen molar-refractivity contribution in [1.82, 2.24) is 0 Å². The van der Waals surface area contributed by atoms with Crippen LogP contribution in [0.25, 0.3) is 0 Å². The first-order valence-corrected chi connectivity index (χ1v) is 2.58. The Morgan fingerprint density at radius 2 is 1.50 bits per heavy atom. The van der Waals surface area contributed by atoms with Crippen LogP contribution in [0.5, 0.6) is 0 Å². The van der Waals surface area contributed by atoms with Gasteiger partial charge >= 0.3 is 17.1 Å². The summed E-state index contributed by atoms with van der Waals surface area (Å²) in [4.78, 5) is 1.02. The van der Waals surface area contributed by atoms with Gasteiger partial charge in [-0.25, -0.2) is 0 Å². The minimum atomic E-state index is 0. The molecule has 0 nitrogen and oxygen atoms in total. The molecule has 1 aromatic rings. The van der Waals surface area contributed by atoms with Crippen molar-refractivity contribution in [2.75, 3.05) is 0 Å². The van der Waals surface area contributed by atoms with Gasteiger partial charge in [-0.15, -0.1) is 12.6 Å². The van der Waals surface area contributed by atoms with E-state index in [0.29, 0.717) is 0 Å². The molecule has 0 aliphatic rings. The quantitative estimate of drug-likeness (QED) is 0.450. The van der Waals surface area contributed by atoms with Gasteiger partial charge in [-0.1, -0.05) is 18.2 Å². The fourth-order valence-electron chi connectivity index (χ4n) is 0.428. The van der Waals surface area contributed by atoms with E-state index in [4.69, 9.17) is 0 Å². The average molecular weight is 174 g/mol. The summed E-state index contributed by atoms with van der Waals surface area (Å²) in [6, 6.07) is 9.79. The Morgan fingerprint density at radius 1 is 1.00 bits per heavy atom. The van der Waals surface area contributed by atoms with Crippen LogP contribution in [0, 0.1) is 0 Å². The molecule has 46 valence electrons. The standard InChI is InChI=1S/C6H6S.Cu/c7-6-4-2-1-3-5-6;/h1-5,7H;/q;+1. The van der Waals surface area contributed by atoms with Crippen molar-refractivity contribution in [1.29, 1.82) is 0 Å². The third-order valence-electron chi connectivity index (χ3n) is 0.756. The summed E-state index contributed by atoms with van der Waals surface area (Å²) in [5, 5.41) is 0. The van der Waals surface area contributed by atoms with E-state index in [0.717, 1.165) is 4.90 Å². The molecule has 0 spiro atoms. The Hall–Kier alpha value is 0.0895. The summed E-state index contributed by atoms with van der Waals surface area (Å²) in [5.41, 5.74) is 0. The Kier molecular flexibility index (Phi) is 4.06. The van der Waals surface area contributed by atoms with Crippen LogP contribution in [0.1, 0.15) is 0 Å². The molecule has 0 radical (unpaired) electrons. The van der Waals surface area contributed by atoms with Gasteiger partial charge in [-0.2, -0.15) is 0 Å². The first kappa shape index (κ1) is 8.09. The monoisotopic (exact) mass is 173 g/mol. The van der Waals surface area contributed by atoms with Gasteiger partial charge in [0.2, 0.25) is 0 Å². The van der Waals surface area contributed by atoms with Crippen LogP contribution in [-0.2, 0) is 17.1 Å². The molecule has 0 amide bonds. The van der Waals surface area contributed by atoms with Crippen molar-refractivity contribution in [3.63, 3.8) is 0 Å². The first-order valence-electron chi connectivity index (χ1n) is 2.13. The molecule has 0 atom stereocenters. The fraction of sp³-hybridized carbons (Fsp3) is 0. The molecule has 1 aromatic carbocycles. The van der Waals surface area contributed by atoms with E-state index >= 15 is 0 Å².